The monoisotopic (exact) mass is 312 g/mol. The van der Waals surface area contributed by atoms with E-state index in [9.17, 15) is 4.79 Å². The highest BCUT2D eigenvalue weighted by Gasteiger charge is 2.14. The predicted molar refractivity (Wildman–Crippen MR) is 73.0 cm³/mol. The number of halogens is 1. The van der Waals surface area contributed by atoms with Crippen molar-refractivity contribution in [3.63, 3.8) is 0 Å². The SMILES string of the molecule is O=C(Cc1ccc(Br)cc1)NOC1CCNCC1. The van der Waals surface area contributed by atoms with E-state index in [0.717, 1.165) is 36.0 Å². The summed E-state index contributed by atoms with van der Waals surface area (Å²) in [5, 5.41) is 3.25. The quantitative estimate of drug-likeness (QED) is 0.833. The summed E-state index contributed by atoms with van der Waals surface area (Å²) >= 11 is 3.36. The van der Waals surface area contributed by atoms with Crippen LogP contribution < -0.4 is 10.8 Å². The fraction of sp³-hybridized carbons (Fsp3) is 0.462. The molecule has 0 aromatic heterocycles. The second kappa shape index (κ2) is 6.87. The number of carbonyl (C=O) groups is 1. The van der Waals surface area contributed by atoms with Crippen LogP contribution in [0.4, 0.5) is 0 Å². The highest BCUT2D eigenvalue weighted by molar-refractivity contribution is 9.10. The molecule has 1 saturated heterocycles. The molecule has 18 heavy (non-hydrogen) atoms. The van der Waals surface area contributed by atoms with Crippen molar-refractivity contribution in [3.8, 4) is 0 Å². The van der Waals surface area contributed by atoms with E-state index < -0.39 is 0 Å². The zero-order valence-corrected chi connectivity index (χ0v) is 11.7. The Bertz CT molecular complexity index is 388. The molecule has 0 spiro atoms. The molecule has 0 radical (unpaired) electrons. The Morgan fingerprint density at radius 3 is 2.67 bits per heavy atom. The van der Waals surface area contributed by atoms with Gasteiger partial charge in [0.2, 0.25) is 5.91 Å². The molecule has 98 valence electrons. The van der Waals surface area contributed by atoms with Crippen LogP contribution >= 0.6 is 15.9 Å². The summed E-state index contributed by atoms with van der Waals surface area (Å²) in [4.78, 5) is 17.1. The maximum absolute atomic E-state index is 11.7. The molecule has 5 heteroatoms. The van der Waals surface area contributed by atoms with Gasteiger partial charge >= 0.3 is 0 Å². The summed E-state index contributed by atoms with van der Waals surface area (Å²) in [6, 6.07) is 7.70. The van der Waals surface area contributed by atoms with Crippen LogP contribution in [0.5, 0.6) is 0 Å². The average Bonchev–Trinajstić information content (AvgIpc) is 2.40. The number of rotatable bonds is 4. The van der Waals surface area contributed by atoms with Gasteiger partial charge in [0, 0.05) is 4.47 Å². The molecule has 2 N–H and O–H groups in total. The van der Waals surface area contributed by atoms with Crippen molar-refractivity contribution >= 4 is 21.8 Å². The van der Waals surface area contributed by atoms with Crippen molar-refractivity contribution in [2.45, 2.75) is 25.4 Å². The molecule has 1 fully saturated rings. The van der Waals surface area contributed by atoms with Crippen LogP contribution in [0.2, 0.25) is 0 Å². The fourth-order valence-electron chi connectivity index (χ4n) is 1.89. The van der Waals surface area contributed by atoms with Gasteiger partial charge in [-0.15, -0.1) is 0 Å². The normalized spacial score (nSPS) is 16.5. The minimum absolute atomic E-state index is 0.101. The van der Waals surface area contributed by atoms with Crippen molar-refractivity contribution in [3.05, 3.63) is 34.3 Å². The van der Waals surface area contributed by atoms with Crippen LogP contribution in [-0.4, -0.2) is 25.1 Å². The highest BCUT2D eigenvalue weighted by Crippen LogP contribution is 2.11. The van der Waals surface area contributed by atoms with Gasteiger partial charge in [0.15, 0.2) is 0 Å². The lowest BCUT2D eigenvalue weighted by molar-refractivity contribution is -0.139. The minimum atomic E-state index is -0.101. The van der Waals surface area contributed by atoms with Crippen LogP contribution in [-0.2, 0) is 16.1 Å². The Balaban J connectivity index is 1.73. The minimum Gasteiger partial charge on any atom is -0.317 e. The molecule has 1 amide bonds. The van der Waals surface area contributed by atoms with Crippen molar-refractivity contribution in [2.75, 3.05) is 13.1 Å². The number of carbonyl (C=O) groups excluding carboxylic acids is 1. The predicted octanol–water partition coefficient (Wildman–Crippen LogP) is 1.79. The van der Waals surface area contributed by atoms with Crippen LogP contribution in [0.3, 0.4) is 0 Å². The van der Waals surface area contributed by atoms with Gasteiger partial charge in [-0.25, -0.2) is 5.48 Å². The number of amides is 1. The molecule has 1 heterocycles. The Morgan fingerprint density at radius 2 is 2.00 bits per heavy atom. The molecular weight excluding hydrogens is 296 g/mol. The van der Waals surface area contributed by atoms with E-state index >= 15 is 0 Å². The second-order valence-corrected chi connectivity index (χ2v) is 5.31. The van der Waals surface area contributed by atoms with Gasteiger partial charge in [0.1, 0.15) is 0 Å². The number of nitrogens with one attached hydrogen (secondary N) is 2. The van der Waals surface area contributed by atoms with E-state index in [1.807, 2.05) is 24.3 Å². The number of benzene rings is 1. The lowest BCUT2D eigenvalue weighted by atomic mass is 10.1. The van der Waals surface area contributed by atoms with E-state index in [1.54, 1.807) is 0 Å². The third-order valence-electron chi connectivity index (χ3n) is 2.90. The smallest absolute Gasteiger partial charge is 0.247 e. The second-order valence-electron chi connectivity index (χ2n) is 4.40. The maximum Gasteiger partial charge on any atom is 0.247 e. The molecule has 0 unspecified atom stereocenters. The third kappa shape index (κ3) is 4.40. The first-order valence-corrected chi connectivity index (χ1v) is 6.93. The summed E-state index contributed by atoms with van der Waals surface area (Å²) < 4.78 is 1.01. The standard InChI is InChI=1S/C13H17BrN2O2/c14-11-3-1-10(2-4-11)9-13(17)16-18-12-5-7-15-8-6-12/h1-4,12,15H,5-9H2,(H,16,17). The number of hydroxylamine groups is 1. The summed E-state index contributed by atoms with van der Waals surface area (Å²) in [6.45, 7) is 1.90. The van der Waals surface area contributed by atoms with E-state index in [4.69, 9.17) is 4.84 Å². The van der Waals surface area contributed by atoms with Gasteiger partial charge in [0.25, 0.3) is 0 Å². The highest BCUT2D eigenvalue weighted by atomic mass is 79.9. The molecule has 1 aromatic carbocycles. The maximum atomic E-state index is 11.7. The van der Waals surface area contributed by atoms with E-state index in [1.165, 1.54) is 0 Å². The van der Waals surface area contributed by atoms with E-state index in [2.05, 4.69) is 26.7 Å². The van der Waals surface area contributed by atoms with Gasteiger partial charge in [-0.1, -0.05) is 28.1 Å². The average molecular weight is 313 g/mol. The van der Waals surface area contributed by atoms with Crippen molar-refractivity contribution in [1.29, 1.82) is 0 Å². The fourth-order valence-corrected chi connectivity index (χ4v) is 2.15. The van der Waals surface area contributed by atoms with E-state index in [-0.39, 0.29) is 12.0 Å². The molecule has 0 bridgehead atoms. The number of piperidine rings is 1. The Morgan fingerprint density at radius 1 is 1.33 bits per heavy atom. The largest absolute Gasteiger partial charge is 0.317 e. The molecule has 1 aliphatic rings. The zero-order chi connectivity index (χ0) is 12.8. The van der Waals surface area contributed by atoms with Crippen molar-refractivity contribution in [2.24, 2.45) is 0 Å². The van der Waals surface area contributed by atoms with Gasteiger partial charge in [-0.3, -0.25) is 9.63 Å². The van der Waals surface area contributed by atoms with Crippen molar-refractivity contribution < 1.29 is 9.63 Å². The first-order valence-electron chi connectivity index (χ1n) is 6.14. The molecule has 0 saturated carbocycles. The molecule has 1 aliphatic heterocycles. The first-order chi connectivity index (χ1) is 8.74. The van der Waals surface area contributed by atoms with Crippen LogP contribution in [0.25, 0.3) is 0 Å². The number of hydrogen-bond acceptors (Lipinski definition) is 3. The topological polar surface area (TPSA) is 50.4 Å². The van der Waals surface area contributed by atoms with E-state index in [0.29, 0.717) is 6.42 Å². The zero-order valence-electron chi connectivity index (χ0n) is 10.1. The first kappa shape index (κ1) is 13.5. The van der Waals surface area contributed by atoms with Crippen LogP contribution in [0, 0.1) is 0 Å². The Kier molecular flexibility index (Phi) is 5.16. The van der Waals surface area contributed by atoms with Gasteiger partial charge in [-0.2, -0.15) is 0 Å². The summed E-state index contributed by atoms with van der Waals surface area (Å²) in [5.41, 5.74) is 3.51. The van der Waals surface area contributed by atoms with Crippen LogP contribution in [0.15, 0.2) is 28.7 Å². The Hall–Kier alpha value is -0.910. The lowest BCUT2D eigenvalue weighted by Crippen LogP contribution is -2.37. The van der Waals surface area contributed by atoms with Gasteiger partial charge in [-0.05, 0) is 43.6 Å². The molecule has 0 atom stereocenters. The number of hydrogen-bond donors (Lipinski definition) is 2. The third-order valence-corrected chi connectivity index (χ3v) is 3.43. The van der Waals surface area contributed by atoms with Gasteiger partial charge in [0.05, 0.1) is 12.5 Å². The summed E-state index contributed by atoms with van der Waals surface area (Å²) in [6.07, 6.45) is 2.37. The van der Waals surface area contributed by atoms with Crippen molar-refractivity contribution in [1.82, 2.24) is 10.8 Å². The summed E-state index contributed by atoms with van der Waals surface area (Å²) in [5.74, 6) is -0.101. The Labute approximate surface area is 115 Å². The molecule has 4 nitrogen and oxygen atoms in total. The van der Waals surface area contributed by atoms with Gasteiger partial charge < -0.3 is 5.32 Å². The summed E-state index contributed by atoms with van der Waals surface area (Å²) in [7, 11) is 0. The molecule has 1 aromatic rings. The molecule has 2 rings (SSSR count). The lowest BCUT2D eigenvalue weighted by Gasteiger charge is -2.22. The molecule has 0 aliphatic carbocycles. The molecular formula is C13H17BrN2O2. The van der Waals surface area contributed by atoms with Crippen LogP contribution in [0.1, 0.15) is 18.4 Å².